The normalized spacial score (nSPS) is 26.8. The van der Waals surface area contributed by atoms with Crippen molar-refractivity contribution in [1.82, 2.24) is 0 Å². The van der Waals surface area contributed by atoms with Crippen molar-refractivity contribution < 1.29 is 30.0 Å². The van der Waals surface area contributed by atoms with Crippen molar-refractivity contribution >= 4 is 5.97 Å². The van der Waals surface area contributed by atoms with Gasteiger partial charge in [0.05, 0.1) is 30.5 Å². The number of carbonyl (C=O) groups is 1. The average Bonchev–Trinajstić information content (AvgIpc) is 2.92. The molecule has 0 aromatic carbocycles. The molecule has 1 heterocycles. The molecule has 0 spiro atoms. The number of aliphatic hydroxyl groups is 3. The van der Waals surface area contributed by atoms with Crippen LogP contribution in [-0.4, -0.2) is 56.9 Å². The minimum absolute atomic E-state index is 0.226. The monoisotopic (exact) mass is 344 g/mol. The van der Waals surface area contributed by atoms with Crippen LogP contribution in [0.5, 0.6) is 0 Å². The minimum atomic E-state index is -0.818. The summed E-state index contributed by atoms with van der Waals surface area (Å²) in [6.45, 7) is 1.86. The number of aliphatic hydroxyl groups excluding tert-OH is 3. The number of ether oxygens (including phenoxy) is 1. The second-order valence-electron chi connectivity index (χ2n) is 6.57. The van der Waals surface area contributed by atoms with Crippen LogP contribution in [0.25, 0.3) is 0 Å². The molecular weight excluding hydrogens is 312 g/mol. The van der Waals surface area contributed by atoms with Crippen molar-refractivity contribution in [3.05, 3.63) is 12.2 Å². The molecule has 0 radical (unpaired) electrons. The maximum atomic E-state index is 10.4. The van der Waals surface area contributed by atoms with E-state index in [0.29, 0.717) is 19.3 Å². The Hall–Kier alpha value is -0.950. The first-order valence-corrected chi connectivity index (χ1v) is 9.03. The third kappa shape index (κ3) is 8.24. The van der Waals surface area contributed by atoms with Gasteiger partial charge in [0.2, 0.25) is 0 Å². The smallest absolute Gasteiger partial charge is 0.303 e. The summed E-state index contributed by atoms with van der Waals surface area (Å²) >= 11 is 0. The Kier molecular flexibility index (Phi) is 10.2. The predicted octanol–water partition coefficient (Wildman–Crippen LogP) is 2.01. The zero-order valence-electron chi connectivity index (χ0n) is 14.5. The van der Waals surface area contributed by atoms with E-state index < -0.39 is 30.4 Å². The SMILES string of the molecule is CC[C@H](O)/C=C/[C@@H](O)[C@H]1C[C@@H](O)[C@@H](CCCCCCCC(=O)O)O1. The van der Waals surface area contributed by atoms with Crippen molar-refractivity contribution in [3.63, 3.8) is 0 Å². The minimum Gasteiger partial charge on any atom is -0.481 e. The van der Waals surface area contributed by atoms with Gasteiger partial charge in [-0.25, -0.2) is 0 Å². The quantitative estimate of drug-likeness (QED) is 0.319. The molecule has 0 saturated carbocycles. The molecule has 4 N–H and O–H groups in total. The summed E-state index contributed by atoms with van der Waals surface area (Å²) < 4.78 is 5.75. The Morgan fingerprint density at radius 2 is 1.83 bits per heavy atom. The van der Waals surface area contributed by atoms with Crippen molar-refractivity contribution in [1.29, 1.82) is 0 Å². The number of unbranched alkanes of at least 4 members (excludes halogenated alkanes) is 4. The van der Waals surface area contributed by atoms with Gasteiger partial charge in [0.25, 0.3) is 0 Å². The molecule has 0 amide bonds. The molecule has 1 fully saturated rings. The fourth-order valence-corrected chi connectivity index (χ4v) is 2.90. The van der Waals surface area contributed by atoms with Crippen LogP contribution < -0.4 is 0 Å². The molecule has 24 heavy (non-hydrogen) atoms. The van der Waals surface area contributed by atoms with Crippen molar-refractivity contribution in [2.45, 2.75) is 95.2 Å². The van der Waals surface area contributed by atoms with Gasteiger partial charge in [-0.05, 0) is 19.3 Å². The fourth-order valence-electron chi connectivity index (χ4n) is 2.90. The molecule has 5 atom stereocenters. The van der Waals surface area contributed by atoms with Crippen LogP contribution in [0.3, 0.4) is 0 Å². The number of hydrogen-bond acceptors (Lipinski definition) is 5. The second-order valence-corrected chi connectivity index (χ2v) is 6.57. The zero-order valence-corrected chi connectivity index (χ0v) is 14.5. The number of hydrogen-bond donors (Lipinski definition) is 4. The van der Waals surface area contributed by atoms with Crippen molar-refractivity contribution in [2.24, 2.45) is 0 Å². The lowest BCUT2D eigenvalue weighted by molar-refractivity contribution is -0.137. The average molecular weight is 344 g/mol. The third-order valence-corrected chi connectivity index (χ3v) is 4.46. The summed E-state index contributed by atoms with van der Waals surface area (Å²) in [4.78, 5) is 10.4. The van der Waals surface area contributed by atoms with E-state index in [9.17, 15) is 20.1 Å². The number of aliphatic carboxylic acids is 1. The van der Waals surface area contributed by atoms with E-state index in [1.165, 1.54) is 6.08 Å². The van der Waals surface area contributed by atoms with Crippen LogP contribution >= 0.6 is 0 Å². The number of carboxylic acid groups (broad SMARTS) is 1. The molecule has 6 heteroatoms. The van der Waals surface area contributed by atoms with Crippen LogP contribution in [0.15, 0.2) is 12.2 Å². The van der Waals surface area contributed by atoms with Gasteiger partial charge in [0.15, 0.2) is 0 Å². The van der Waals surface area contributed by atoms with E-state index >= 15 is 0 Å². The summed E-state index contributed by atoms with van der Waals surface area (Å²) in [5.41, 5.74) is 0. The maximum absolute atomic E-state index is 10.4. The van der Waals surface area contributed by atoms with Crippen molar-refractivity contribution in [2.75, 3.05) is 0 Å². The molecule has 1 saturated heterocycles. The highest BCUT2D eigenvalue weighted by Gasteiger charge is 2.36. The Labute approximate surface area is 144 Å². The Bertz CT molecular complexity index is 384. The Morgan fingerprint density at radius 1 is 1.17 bits per heavy atom. The van der Waals surface area contributed by atoms with Gasteiger partial charge < -0.3 is 25.2 Å². The highest BCUT2D eigenvalue weighted by Crippen LogP contribution is 2.27. The predicted molar refractivity (Wildman–Crippen MR) is 90.7 cm³/mol. The van der Waals surface area contributed by atoms with Crippen LogP contribution in [-0.2, 0) is 9.53 Å². The molecule has 1 rings (SSSR count). The van der Waals surface area contributed by atoms with E-state index in [1.54, 1.807) is 6.08 Å². The molecular formula is C18H32O6. The molecule has 0 unspecified atom stereocenters. The summed E-state index contributed by atoms with van der Waals surface area (Å²) in [5, 5.41) is 38.1. The molecule has 6 nitrogen and oxygen atoms in total. The van der Waals surface area contributed by atoms with Crippen LogP contribution in [0.1, 0.15) is 64.7 Å². The fraction of sp³-hybridized carbons (Fsp3) is 0.833. The van der Waals surface area contributed by atoms with E-state index in [1.807, 2.05) is 6.92 Å². The van der Waals surface area contributed by atoms with Crippen LogP contribution in [0.4, 0.5) is 0 Å². The molecule has 1 aliphatic heterocycles. The molecule has 0 aromatic rings. The topological polar surface area (TPSA) is 107 Å². The highest BCUT2D eigenvalue weighted by atomic mass is 16.5. The first kappa shape index (κ1) is 21.1. The summed E-state index contributed by atoms with van der Waals surface area (Å²) in [7, 11) is 0. The second kappa shape index (κ2) is 11.6. The third-order valence-electron chi connectivity index (χ3n) is 4.46. The lowest BCUT2D eigenvalue weighted by Crippen LogP contribution is -2.25. The van der Waals surface area contributed by atoms with E-state index in [0.717, 1.165) is 32.1 Å². The number of rotatable bonds is 12. The van der Waals surface area contributed by atoms with E-state index in [4.69, 9.17) is 9.84 Å². The molecule has 0 aromatic heterocycles. The van der Waals surface area contributed by atoms with Crippen molar-refractivity contribution in [3.8, 4) is 0 Å². The van der Waals surface area contributed by atoms with E-state index in [-0.39, 0.29) is 12.5 Å². The van der Waals surface area contributed by atoms with E-state index in [2.05, 4.69) is 0 Å². The van der Waals surface area contributed by atoms with Gasteiger partial charge in [-0.2, -0.15) is 0 Å². The van der Waals surface area contributed by atoms with Gasteiger partial charge >= 0.3 is 5.97 Å². The maximum Gasteiger partial charge on any atom is 0.303 e. The summed E-state index contributed by atoms with van der Waals surface area (Å²) in [6.07, 6.45) is 6.93. The number of carboxylic acids is 1. The molecule has 0 aliphatic carbocycles. The molecule has 140 valence electrons. The Balaban J connectivity index is 2.19. The van der Waals surface area contributed by atoms with Gasteiger partial charge in [0.1, 0.15) is 0 Å². The standard InChI is InChI=1S/C18H32O6/c1-2-13(19)10-11-14(20)17-12-15(21)16(24-17)8-6-4-3-5-7-9-18(22)23/h10-11,13-17,19-21H,2-9,12H2,1H3,(H,22,23)/b11-10+/t13-,14+,15+,16+,17+/m0/s1. The summed E-state index contributed by atoms with van der Waals surface area (Å²) in [6, 6.07) is 0. The molecule has 1 aliphatic rings. The molecule has 0 bridgehead atoms. The first-order chi connectivity index (χ1) is 11.4. The van der Waals surface area contributed by atoms with Gasteiger partial charge in [-0.15, -0.1) is 0 Å². The zero-order chi connectivity index (χ0) is 17.9. The lowest BCUT2D eigenvalue weighted by Gasteiger charge is -2.17. The van der Waals surface area contributed by atoms with Gasteiger partial charge in [0, 0.05) is 12.8 Å². The van der Waals surface area contributed by atoms with Gasteiger partial charge in [-0.1, -0.05) is 44.8 Å². The van der Waals surface area contributed by atoms with Gasteiger partial charge in [-0.3, -0.25) is 4.79 Å². The highest BCUT2D eigenvalue weighted by molar-refractivity contribution is 5.66. The summed E-state index contributed by atoms with van der Waals surface area (Å²) in [5.74, 6) is -0.748. The Morgan fingerprint density at radius 3 is 2.50 bits per heavy atom. The first-order valence-electron chi connectivity index (χ1n) is 9.03. The largest absolute Gasteiger partial charge is 0.481 e. The van der Waals surface area contributed by atoms with Crippen LogP contribution in [0.2, 0.25) is 0 Å². The van der Waals surface area contributed by atoms with Crippen LogP contribution in [0, 0.1) is 0 Å². The lowest BCUT2D eigenvalue weighted by atomic mass is 10.0.